The standard InChI is InChI=1S/C27H31N5O3/c28-26-25(15-23(30-31-26)22-3-1-2-4-24(22)33)35-14-11-18-5-7-20(8-6-18)27(34)32-16-21(17-32)19-9-12-29-13-10-19/h1-8,15,19,21,29,33H,9-14,16-17H2,(H2,28,31). The molecule has 0 unspecified atom stereocenters. The fraction of sp³-hybridized carbons (Fsp3) is 0.370. The molecule has 2 aromatic carbocycles. The van der Waals surface area contributed by atoms with Crippen LogP contribution in [0, 0.1) is 11.8 Å². The van der Waals surface area contributed by atoms with E-state index in [4.69, 9.17) is 10.5 Å². The molecule has 3 aromatic rings. The fourth-order valence-electron chi connectivity index (χ4n) is 4.89. The van der Waals surface area contributed by atoms with Gasteiger partial charge in [-0.3, -0.25) is 4.79 Å². The molecule has 8 nitrogen and oxygen atoms in total. The number of phenols is 1. The van der Waals surface area contributed by atoms with Crippen LogP contribution in [0.15, 0.2) is 54.6 Å². The van der Waals surface area contributed by atoms with Gasteiger partial charge in [0.25, 0.3) is 5.91 Å². The van der Waals surface area contributed by atoms with Crippen LogP contribution >= 0.6 is 0 Å². The highest BCUT2D eigenvalue weighted by Crippen LogP contribution is 2.32. The summed E-state index contributed by atoms with van der Waals surface area (Å²) in [6, 6.07) is 16.3. The van der Waals surface area contributed by atoms with Crippen LogP contribution in [0.3, 0.4) is 0 Å². The Morgan fingerprint density at radius 3 is 2.54 bits per heavy atom. The maximum Gasteiger partial charge on any atom is 0.253 e. The Balaban J connectivity index is 1.13. The van der Waals surface area contributed by atoms with Crippen molar-refractivity contribution < 1.29 is 14.6 Å². The number of nitrogens with zero attached hydrogens (tertiary/aromatic N) is 3. The summed E-state index contributed by atoms with van der Waals surface area (Å²) in [5.41, 5.74) is 8.79. The van der Waals surface area contributed by atoms with Crippen molar-refractivity contribution in [1.29, 1.82) is 0 Å². The summed E-state index contributed by atoms with van der Waals surface area (Å²) in [6.45, 7) is 4.35. The highest BCUT2D eigenvalue weighted by Gasteiger charge is 2.36. The maximum atomic E-state index is 12.8. The number of amides is 1. The lowest BCUT2D eigenvalue weighted by Crippen LogP contribution is -2.54. The van der Waals surface area contributed by atoms with Crippen LogP contribution in [0.5, 0.6) is 11.5 Å². The lowest BCUT2D eigenvalue weighted by atomic mass is 9.80. The van der Waals surface area contributed by atoms with Gasteiger partial charge in [-0.15, -0.1) is 10.2 Å². The average molecular weight is 474 g/mol. The molecular weight excluding hydrogens is 442 g/mol. The number of piperidine rings is 1. The van der Waals surface area contributed by atoms with Crippen LogP contribution < -0.4 is 15.8 Å². The Labute approximate surface area is 205 Å². The van der Waals surface area contributed by atoms with E-state index in [1.54, 1.807) is 24.3 Å². The quantitative estimate of drug-likeness (QED) is 0.483. The Bertz CT molecular complexity index is 1170. The smallest absolute Gasteiger partial charge is 0.253 e. The van der Waals surface area contributed by atoms with E-state index in [2.05, 4.69) is 15.5 Å². The van der Waals surface area contributed by atoms with E-state index in [0.717, 1.165) is 43.2 Å². The first kappa shape index (κ1) is 23.1. The van der Waals surface area contributed by atoms with Gasteiger partial charge in [0.2, 0.25) is 0 Å². The van der Waals surface area contributed by atoms with Gasteiger partial charge < -0.3 is 25.8 Å². The molecule has 0 spiro atoms. The first-order chi connectivity index (χ1) is 17.1. The molecule has 2 fully saturated rings. The van der Waals surface area contributed by atoms with Crippen LogP contribution in [0.4, 0.5) is 5.82 Å². The number of likely N-dealkylation sites (tertiary alicyclic amines) is 1. The van der Waals surface area contributed by atoms with Gasteiger partial charge in [-0.05, 0) is 67.6 Å². The van der Waals surface area contributed by atoms with Gasteiger partial charge >= 0.3 is 0 Å². The Kier molecular flexibility index (Phi) is 6.81. The van der Waals surface area contributed by atoms with Crippen molar-refractivity contribution in [2.75, 3.05) is 38.5 Å². The second-order valence-corrected chi connectivity index (χ2v) is 9.35. The number of rotatable bonds is 7. The van der Waals surface area contributed by atoms with Crippen molar-refractivity contribution in [2.45, 2.75) is 19.3 Å². The van der Waals surface area contributed by atoms with Gasteiger partial charge in [-0.2, -0.15) is 0 Å². The SMILES string of the molecule is Nc1nnc(-c2ccccc2O)cc1OCCc1ccc(C(=O)N2CC(C3CCNCC3)C2)cc1. The number of aromatic hydroxyl groups is 1. The van der Waals surface area contributed by atoms with Gasteiger partial charge in [0.15, 0.2) is 11.6 Å². The number of phenolic OH excluding ortho intramolecular Hbond substituents is 1. The highest BCUT2D eigenvalue weighted by atomic mass is 16.5. The van der Waals surface area contributed by atoms with E-state index in [0.29, 0.717) is 36.0 Å². The molecule has 8 heteroatoms. The molecule has 35 heavy (non-hydrogen) atoms. The largest absolute Gasteiger partial charge is 0.507 e. The number of ether oxygens (including phenoxy) is 1. The molecule has 0 bridgehead atoms. The lowest BCUT2D eigenvalue weighted by Gasteiger charge is -2.44. The van der Waals surface area contributed by atoms with Crippen molar-refractivity contribution in [3.63, 3.8) is 0 Å². The van der Waals surface area contributed by atoms with E-state index >= 15 is 0 Å². The molecular formula is C27H31N5O3. The lowest BCUT2D eigenvalue weighted by molar-refractivity contribution is 0.0317. The summed E-state index contributed by atoms with van der Waals surface area (Å²) in [6.07, 6.45) is 3.10. The number of hydrogen-bond donors (Lipinski definition) is 3. The normalized spacial score (nSPS) is 16.6. The zero-order chi connectivity index (χ0) is 24.2. The van der Waals surface area contributed by atoms with E-state index in [1.165, 1.54) is 12.8 Å². The van der Waals surface area contributed by atoms with Crippen LogP contribution in [0.2, 0.25) is 0 Å². The third-order valence-corrected chi connectivity index (χ3v) is 7.06. The summed E-state index contributed by atoms with van der Waals surface area (Å²) < 4.78 is 5.87. The summed E-state index contributed by atoms with van der Waals surface area (Å²) >= 11 is 0. The minimum atomic E-state index is 0.116. The molecule has 1 aromatic heterocycles. The van der Waals surface area contributed by atoms with Gasteiger partial charge in [0.1, 0.15) is 11.4 Å². The number of anilines is 1. The molecule has 2 saturated heterocycles. The Morgan fingerprint density at radius 1 is 1.06 bits per heavy atom. The fourth-order valence-corrected chi connectivity index (χ4v) is 4.89. The van der Waals surface area contributed by atoms with Crippen LogP contribution in [-0.2, 0) is 6.42 Å². The summed E-state index contributed by atoms with van der Waals surface area (Å²) in [5, 5.41) is 21.5. The number of carbonyl (C=O) groups excluding carboxylic acids is 1. The summed E-state index contributed by atoms with van der Waals surface area (Å²) in [7, 11) is 0. The van der Waals surface area contributed by atoms with Gasteiger partial charge in [-0.1, -0.05) is 24.3 Å². The molecule has 2 aliphatic heterocycles. The van der Waals surface area contributed by atoms with E-state index in [9.17, 15) is 9.90 Å². The molecule has 0 saturated carbocycles. The third-order valence-electron chi connectivity index (χ3n) is 7.06. The van der Waals surface area contributed by atoms with Crippen LogP contribution in [0.1, 0.15) is 28.8 Å². The molecule has 1 amide bonds. The minimum absolute atomic E-state index is 0.116. The van der Waals surface area contributed by atoms with Gasteiger partial charge in [0, 0.05) is 36.7 Å². The van der Waals surface area contributed by atoms with Crippen molar-refractivity contribution in [1.82, 2.24) is 20.4 Å². The first-order valence-corrected chi connectivity index (χ1v) is 12.2. The van der Waals surface area contributed by atoms with E-state index in [-0.39, 0.29) is 17.5 Å². The molecule has 3 heterocycles. The minimum Gasteiger partial charge on any atom is -0.507 e. The Morgan fingerprint density at radius 2 is 1.80 bits per heavy atom. The molecule has 0 atom stereocenters. The number of nitrogen functional groups attached to an aromatic ring is 1. The van der Waals surface area contributed by atoms with E-state index < -0.39 is 0 Å². The van der Waals surface area contributed by atoms with Crippen molar-refractivity contribution in [3.05, 3.63) is 65.7 Å². The second kappa shape index (κ2) is 10.3. The zero-order valence-electron chi connectivity index (χ0n) is 19.7. The number of hydrogen-bond acceptors (Lipinski definition) is 7. The predicted octanol–water partition coefficient (Wildman–Crippen LogP) is 3.12. The monoisotopic (exact) mass is 473 g/mol. The van der Waals surface area contributed by atoms with Crippen molar-refractivity contribution in [3.8, 4) is 22.8 Å². The molecule has 5 rings (SSSR count). The number of nitrogens with one attached hydrogen (secondary N) is 1. The van der Waals surface area contributed by atoms with Gasteiger partial charge in [-0.25, -0.2) is 0 Å². The van der Waals surface area contributed by atoms with E-state index in [1.807, 2.05) is 35.2 Å². The number of nitrogens with two attached hydrogens (primary N) is 1. The maximum absolute atomic E-state index is 12.8. The predicted molar refractivity (Wildman–Crippen MR) is 134 cm³/mol. The molecule has 182 valence electrons. The molecule has 4 N–H and O–H groups in total. The highest BCUT2D eigenvalue weighted by molar-refractivity contribution is 5.94. The Hall–Kier alpha value is -3.65. The second-order valence-electron chi connectivity index (χ2n) is 9.35. The average Bonchev–Trinajstić information content (AvgIpc) is 2.86. The van der Waals surface area contributed by atoms with Crippen LogP contribution in [0.25, 0.3) is 11.3 Å². The first-order valence-electron chi connectivity index (χ1n) is 12.2. The summed E-state index contributed by atoms with van der Waals surface area (Å²) in [4.78, 5) is 14.8. The number of aromatic nitrogens is 2. The third kappa shape index (κ3) is 5.22. The van der Waals surface area contributed by atoms with Crippen molar-refractivity contribution >= 4 is 11.7 Å². The number of benzene rings is 2. The number of para-hydroxylation sites is 1. The van der Waals surface area contributed by atoms with Gasteiger partial charge in [0.05, 0.1) is 6.61 Å². The summed E-state index contributed by atoms with van der Waals surface area (Å²) in [5.74, 6) is 2.26. The van der Waals surface area contributed by atoms with Crippen molar-refractivity contribution in [2.24, 2.45) is 11.8 Å². The zero-order valence-corrected chi connectivity index (χ0v) is 19.7. The molecule has 0 radical (unpaired) electrons. The molecule has 0 aliphatic carbocycles. The number of carbonyl (C=O) groups is 1. The molecule has 2 aliphatic rings. The topological polar surface area (TPSA) is 114 Å². The van der Waals surface area contributed by atoms with Crippen LogP contribution in [-0.4, -0.2) is 58.9 Å².